The summed E-state index contributed by atoms with van der Waals surface area (Å²) in [6.45, 7) is 6.73. The van der Waals surface area contributed by atoms with E-state index in [1.54, 1.807) is 64.2 Å². The molecule has 0 aromatic rings. The van der Waals surface area contributed by atoms with E-state index in [-0.39, 0.29) is 15.8 Å². The summed E-state index contributed by atoms with van der Waals surface area (Å²) >= 11 is 8.98. The Bertz CT molecular complexity index is 1730. The zero-order valence-corrected chi connectivity index (χ0v) is 59.1. The third kappa shape index (κ3) is 16.4. The fraction of sp³-hybridized carbons (Fsp3) is 0.948. The third-order valence-corrected chi connectivity index (χ3v) is 36.7. The van der Waals surface area contributed by atoms with Gasteiger partial charge in [0.15, 0.2) is 0 Å². The van der Waals surface area contributed by atoms with Crippen LogP contribution in [0.5, 0.6) is 0 Å². The van der Waals surface area contributed by atoms with E-state index in [9.17, 15) is 0 Å². The molecule has 0 aromatic carbocycles. The number of fused-ring (bicyclic) bond motifs is 3. The molecule has 11 saturated carbocycles. The third-order valence-electron chi connectivity index (χ3n) is 26.8. The SMILES string of the molecule is CCCCCCOC1CCC(C2(C3CCC(OCCCCCC)C(/C=C/C4CCCCC4P(C4CCCCC4)C4CCCCC4)C3)C3CC(Br)CCC3C3CCC(Br)CC32)CC1/C=C/C1CCCCC1P(C1CCCCC1)C1CCCCC1. The van der Waals surface area contributed by atoms with Gasteiger partial charge in [0.2, 0.25) is 0 Å². The molecule has 11 fully saturated rings. The number of hydrogen-bond donors (Lipinski definition) is 0. The van der Waals surface area contributed by atoms with Crippen LogP contribution >= 0.6 is 47.7 Å². The lowest BCUT2D eigenvalue weighted by Crippen LogP contribution is -2.53. The molecule has 16 unspecified atom stereocenters. The first kappa shape index (κ1) is 65.7. The summed E-state index contributed by atoms with van der Waals surface area (Å²) in [5.74, 6) is 7.97. The van der Waals surface area contributed by atoms with Gasteiger partial charge < -0.3 is 9.47 Å². The van der Waals surface area contributed by atoms with Gasteiger partial charge in [-0.1, -0.05) is 227 Å². The van der Waals surface area contributed by atoms with Crippen molar-refractivity contribution >= 4 is 47.7 Å². The molecule has 0 aromatic heterocycles. The van der Waals surface area contributed by atoms with E-state index < -0.39 is 0 Å². The van der Waals surface area contributed by atoms with Gasteiger partial charge in [-0.2, -0.15) is 0 Å². The quantitative estimate of drug-likeness (QED) is 0.0415. The molecule has 0 spiro atoms. The van der Waals surface area contributed by atoms with Crippen molar-refractivity contribution in [1.82, 2.24) is 0 Å². The second kappa shape index (κ2) is 33.7. The zero-order chi connectivity index (χ0) is 56.8. The molecule has 11 rings (SSSR count). The Balaban J connectivity index is 0.929. The molecule has 0 N–H and O–H groups in total. The molecule has 16 atom stereocenters. The van der Waals surface area contributed by atoms with E-state index in [1.807, 2.05) is 0 Å². The first-order valence-corrected chi connectivity index (χ1v) is 43.3. The first-order valence-electron chi connectivity index (χ1n) is 38.4. The maximum atomic E-state index is 7.38. The Kier molecular flexibility index (Phi) is 26.7. The number of allylic oxidation sites excluding steroid dienone is 2. The highest BCUT2D eigenvalue weighted by atomic mass is 79.9. The smallest absolute Gasteiger partial charge is 0.0637 e. The molecule has 6 heteroatoms. The Morgan fingerprint density at radius 2 is 0.699 bits per heavy atom. The zero-order valence-electron chi connectivity index (χ0n) is 54.2. The lowest BCUT2D eigenvalue weighted by atomic mass is 9.47. The lowest BCUT2D eigenvalue weighted by Gasteiger charge is -2.58. The van der Waals surface area contributed by atoms with E-state index in [4.69, 9.17) is 9.47 Å². The molecule has 11 aliphatic rings. The molecule has 83 heavy (non-hydrogen) atoms. The Labute approximate surface area is 533 Å². The molecule has 0 aliphatic heterocycles. The molecule has 2 nitrogen and oxygen atoms in total. The van der Waals surface area contributed by atoms with Gasteiger partial charge in [-0.05, 0) is 254 Å². The van der Waals surface area contributed by atoms with Crippen LogP contribution in [0.1, 0.15) is 322 Å². The predicted octanol–water partition coefficient (Wildman–Crippen LogP) is 24.6. The van der Waals surface area contributed by atoms with Crippen molar-refractivity contribution in [3.05, 3.63) is 24.3 Å². The van der Waals surface area contributed by atoms with E-state index >= 15 is 0 Å². The summed E-state index contributed by atoms with van der Waals surface area (Å²) < 4.78 is 14.8. The standard InChI is InChI=1S/C77H130Br2O2P2/c1-3-5-7-25-51-80-73-49-43-61(53-59(73)41-39-57-27-21-23-37-75(57)82(65-29-13-9-14-30-65)66-31-15-10-16-32-66)77(71-55-63(78)45-47-69(71)70-48-46-64(79)56-72(70)77)62-44-50-74(81-52-26-8-6-4-2)60(54-62)42-40-58-28-22-24-38-76(58)83(67-33-17-11-18-34-67)68-35-19-12-20-36-68/h39-42,57-76H,3-38,43-56H2,1-2H3/b41-39+,42-40+. The van der Waals surface area contributed by atoms with Gasteiger partial charge >= 0.3 is 0 Å². The van der Waals surface area contributed by atoms with Crippen molar-refractivity contribution in [2.24, 2.45) is 64.6 Å². The highest BCUT2D eigenvalue weighted by molar-refractivity contribution is 9.09. The number of unbranched alkanes of at least 4 members (excludes halogenated alkanes) is 6. The van der Waals surface area contributed by atoms with Crippen LogP contribution in [0.2, 0.25) is 0 Å². The number of halogens is 2. The average molecular weight is 1310 g/mol. The molecule has 0 bridgehead atoms. The van der Waals surface area contributed by atoms with Gasteiger partial charge in [0.1, 0.15) is 0 Å². The van der Waals surface area contributed by atoms with Crippen molar-refractivity contribution in [3.8, 4) is 0 Å². The van der Waals surface area contributed by atoms with E-state index in [0.717, 1.165) is 94.5 Å². The van der Waals surface area contributed by atoms with Crippen LogP contribution in [0, 0.1) is 64.6 Å². The second-order valence-corrected chi connectivity index (χ2v) is 40.1. The predicted molar refractivity (Wildman–Crippen MR) is 370 cm³/mol. The average Bonchev–Trinajstić information content (AvgIpc) is 2.98. The van der Waals surface area contributed by atoms with Crippen LogP contribution in [-0.4, -0.2) is 69.0 Å². The molecule has 0 heterocycles. The van der Waals surface area contributed by atoms with Crippen LogP contribution in [-0.2, 0) is 9.47 Å². The first-order chi connectivity index (χ1) is 40.9. The van der Waals surface area contributed by atoms with Crippen molar-refractivity contribution in [2.75, 3.05) is 13.2 Å². The summed E-state index contributed by atoms with van der Waals surface area (Å²) in [6, 6.07) is 0. The van der Waals surface area contributed by atoms with Crippen molar-refractivity contribution in [1.29, 1.82) is 0 Å². The Morgan fingerprint density at radius 3 is 1.07 bits per heavy atom. The largest absolute Gasteiger partial charge is 0.378 e. The highest BCUT2D eigenvalue weighted by Crippen LogP contribution is 2.73. The molecule has 11 aliphatic carbocycles. The van der Waals surface area contributed by atoms with Gasteiger partial charge in [-0.3, -0.25) is 0 Å². The highest BCUT2D eigenvalue weighted by Gasteiger charge is 2.67. The monoisotopic (exact) mass is 1310 g/mol. The summed E-state index contributed by atoms with van der Waals surface area (Å²) in [7, 11) is 0.176. The number of alkyl halides is 2. The topological polar surface area (TPSA) is 18.5 Å². The van der Waals surface area contributed by atoms with Gasteiger partial charge in [0.05, 0.1) is 12.2 Å². The summed E-state index contributed by atoms with van der Waals surface area (Å²) in [5.41, 5.74) is 6.64. The minimum absolute atomic E-state index is 0.0881. The second-order valence-electron chi connectivity index (χ2n) is 31.5. The molecule has 0 amide bonds. The van der Waals surface area contributed by atoms with E-state index in [1.165, 1.54) is 244 Å². The van der Waals surface area contributed by atoms with Gasteiger partial charge in [0, 0.05) is 34.7 Å². The fourth-order valence-electron chi connectivity index (χ4n) is 23.1. The molecule has 0 radical (unpaired) electrons. The van der Waals surface area contributed by atoms with Crippen molar-refractivity contribution in [3.63, 3.8) is 0 Å². The van der Waals surface area contributed by atoms with Crippen molar-refractivity contribution < 1.29 is 9.47 Å². The van der Waals surface area contributed by atoms with Gasteiger partial charge in [0.25, 0.3) is 0 Å². The minimum atomic E-state index is 0.0881. The van der Waals surface area contributed by atoms with Crippen LogP contribution in [0.15, 0.2) is 24.3 Å². The molecular weight excluding hydrogens is 1180 g/mol. The normalized spacial score (nSPS) is 40.6. The van der Waals surface area contributed by atoms with Crippen LogP contribution in [0.4, 0.5) is 0 Å². The molecule has 474 valence electrons. The van der Waals surface area contributed by atoms with Gasteiger partial charge in [-0.15, -0.1) is 0 Å². The van der Waals surface area contributed by atoms with Crippen LogP contribution < -0.4 is 0 Å². The number of rotatable bonds is 24. The lowest BCUT2D eigenvalue weighted by molar-refractivity contribution is -0.118. The maximum Gasteiger partial charge on any atom is 0.0637 e. The summed E-state index contributed by atoms with van der Waals surface area (Å²) in [6.07, 6.45) is 82.9. The van der Waals surface area contributed by atoms with Crippen molar-refractivity contribution in [2.45, 2.75) is 378 Å². The number of ether oxygens (including phenoxy) is 2. The Hall–Kier alpha value is 1.22. The Morgan fingerprint density at radius 1 is 0.349 bits per heavy atom. The van der Waals surface area contributed by atoms with E-state index in [2.05, 4.69) is 70.0 Å². The van der Waals surface area contributed by atoms with Crippen LogP contribution in [0.3, 0.4) is 0 Å². The summed E-state index contributed by atoms with van der Waals surface area (Å²) in [4.78, 5) is 1.39. The van der Waals surface area contributed by atoms with E-state index in [0.29, 0.717) is 39.1 Å². The molecule has 0 saturated heterocycles. The molecular formula is C77H130Br2O2P2. The number of hydrogen-bond acceptors (Lipinski definition) is 2. The summed E-state index contributed by atoms with van der Waals surface area (Å²) in [5, 5.41) is 0. The minimum Gasteiger partial charge on any atom is -0.378 e. The fourth-order valence-corrected chi connectivity index (χ4v) is 34.0. The van der Waals surface area contributed by atoms with Gasteiger partial charge in [-0.25, -0.2) is 0 Å². The van der Waals surface area contributed by atoms with Crippen LogP contribution in [0.25, 0.3) is 0 Å². The maximum absolute atomic E-state index is 7.38.